The molecule has 1 amide bonds. The standard InChI is InChI=1S/C25H28FN5O3/c1-3-5-17(13-32)30-24(28)22(25(29)33)23(27)15-8-9-18-20(11-15)31-19(12-21(18)34-2)14-6-4-7-16(26)10-14/h4,6-12,17,32H,3,5,13,27H2,1-2H3,(H2,28,30)(H2,29,33)/b23-22+. The van der Waals surface area contributed by atoms with Gasteiger partial charge < -0.3 is 27.0 Å². The summed E-state index contributed by atoms with van der Waals surface area (Å²) in [6, 6.07) is 12.4. The molecule has 0 saturated heterocycles. The fraction of sp³-hybridized carbons (Fsp3) is 0.240. The number of hydrogen-bond donors (Lipinski definition) is 4. The molecule has 3 rings (SSSR count). The summed E-state index contributed by atoms with van der Waals surface area (Å²) in [5.74, 6) is -0.827. The lowest BCUT2D eigenvalue weighted by atomic mass is 10.0. The molecule has 1 aromatic heterocycles. The topological polar surface area (TPSA) is 150 Å². The Bertz CT molecular complexity index is 1270. The molecule has 0 spiro atoms. The highest BCUT2D eigenvalue weighted by molar-refractivity contribution is 6.24. The van der Waals surface area contributed by atoms with E-state index in [4.69, 9.17) is 21.9 Å². The molecule has 178 valence electrons. The van der Waals surface area contributed by atoms with Crippen molar-refractivity contribution in [3.8, 4) is 17.0 Å². The number of benzene rings is 2. The van der Waals surface area contributed by atoms with Gasteiger partial charge in [0, 0.05) is 22.6 Å². The number of carbonyl (C=O) groups is 1. The lowest BCUT2D eigenvalue weighted by Gasteiger charge is -2.14. The van der Waals surface area contributed by atoms with Gasteiger partial charge in [-0.15, -0.1) is 0 Å². The van der Waals surface area contributed by atoms with Gasteiger partial charge in [-0.1, -0.05) is 31.5 Å². The first-order valence-corrected chi connectivity index (χ1v) is 10.8. The molecule has 0 aliphatic heterocycles. The van der Waals surface area contributed by atoms with Crippen molar-refractivity contribution >= 4 is 28.3 Å². The maximum atomic E-state index is 13.8. The molecule has 2 aromatic carbocycles. The van der Waals surface area contributed by atoms with Crippen molar-refractivity contribution < 1.29 is 19.0 Å². The third-order valence-corrected chi connectivity index (χ3v) is 5.35. The van der Waals surface area contributed by atoms with Crippen LogP contribution in [0.1, 0.15) is 25.3 Å². The summed E-state index contributed by atoms with van der Waals surface area (Å²) in [7, 11) is 1.53. The first-order valence-electron chi connectivity index (χ1n) is 10.8. The molecule has 7 N–H and O–H groups in total. The van der Waals surface area contributed by atoms with Gasteiger partial charge in [-0.2, -0.15) is 0 Å². The fourth-order valence-corrected chi connectivity index (χ4v) is 3.66. The van der Waals surface area contributed by atoms with Crippen molar-refractivity contribution in [3.63, 3.8) is 0 Å². The lowest BCUT2D eigenvalue weighted by Crippen LogP contribution is -2.31. The van der Waals surface area contributed by atoms with Crippen LogP contribution in [0.2, 0.25) is 0 Å². The largest absolute Gasteiger partial charge is 0.496 e. The first-order chi connectivity index (χ1) is 16.3. The number of fused-ring (bicyclic) bond motifs is 1. The third-order valence-electron chi connectivity index (χ3n) is 5.35. The second-order valence-electron chi connectivity index (χ2n) is 7.74. The second kappa shape index (κ2) is 10.8. The second-order valence-corrected chi connectivity index (χ2v) is 7.74. The fourth-order valence-electron chi connectivity index (χ4n) is 3.66. The zero-order valence-electron chi connectivity index (χ0n) is 19.1. The number of halogens is 1. The molecule has 34 heavy (non-hydrogen) atoms. The van der Waals surface area contributed by atoms with E-state index in [1.165, 1.54) is 19.2 Å². The average Bonchev–Trinajstić information content (AvgIpc) is 2.82. The van der Waals surface area contributed by atoms with Gasteiger partial charge in [-0.05, 0) is 30.7 Å². The van der Waals surface area contributed by atoms with Crippen LogP contribution in [0.3, 0.4) is 0 Å². The number of carbonyl (C=O) groups excluding carboxylic acids is 1. The normalized spacial score (nSPS) is 13.5. The maximum absolute atomic E-state index is 13.8. The maximum Gasteiger partial charge on any atom is 0.254 e. The number of methoxy groups -OCH3 is 1. The Labute approximate surface area is 196 Å². The predicted octanol–water partition coefficient (Wildman–Crippen LogP) is 2.72. The van der Waals surface area contributed by atoms with Gasteiger partial charge in [0.2, 0.25) is 0 Å². The van der Waals surface area contributed by atoms with Crippen molar-refractivity contribution in [1.29, 1.82) is 0 Å². The van der Waals surface area contributed by atoms with Gasteiger partial charge in [0.05, 0.1) is 36.7 Å². The Morgan fingerprint density at radius 2 is 1.94 bits per heavy atom. The van der Waals surface area contributed by atoms with Crippen LogP contribution >= 0.6 is 0 Å². The number of hydrogen-bond acceptors (Lipinski definition) is 6. The van der Waals surface area contributed by atoms with Gasteiger partial charge in [0.1, 0.15) is 23.0 Å². The molecule has 0 saturated carbocycles. The van der Waals surface area contributed by atoms with Crippen molar-refractivity contribution in [2.75, 3.05) is 13.7 Å². The molecular weight excluding hydrogens is 437 g/mol. The minimum atomic E-state index is -0.842. The monoisotopic (exact) mass is 465 g/mol. The Morgan fingerprint density at radius 3 is 2.56 bits per heavy atom. The molecule has 0 aliphatic rings. The third kappa shape index (κ3) is 5.32. The Kier molecular flexibility index (Phi) is 7.80. The Morgan fingerprint density at radius 1 is 1.18 bits per heavy atom. The first kappa shape index (κ1) is 24.7. The number of amides is 1. The number of nitrogens with zero attached hydrogens (tertiary/aromatic N) is 2. The zero-order valence-corrected chi connectivity index (χ0v) is 19.1. The number of primary amides is 1. The summed E-state index contributed by atoms with van der Waals surface area (Å²) in [5, 5.41) is 10.2. The van der Waals surface area contributed by atoms with Crippen molar-refractivity contribution in [1.82, 2.24) is 4.98 Å². The van der Waals surface area contributed by atoms with Gasteiger partial charge in [-0.25, -0.2) is 9.37 Å². The number of aliphatic hydroxyl groups excluding tert-OH is 1. The van der Waals surface area contributed by atoms with E-state index in [1.807, 2.05) is 6.92 Å². The number of pyridine rings is 1. The molecule has 9 heteroatoms. The summed E-state index contributed by atoms with van der Waals surface area (Å²) in [6.07, 6.45) is 1.37. The number of aliphatic hydroxyl groups is 1. The minimum Gasteiger partial charge on any atom is -0.496 e. The molecule has 0 bridgehead atoms. The summed E-state index contributed by atoms with van der Waals surface area (Å²) in [5.41, 5.74) is 19.9. The lowest BCUT2D eigenvalue weighted by molar-refractivity contribution is -0.114. The molecule has 8 nitrogen and oxygen atoms in total. The number of rotatable bonds is 9. The number of nitrogens with two attached hydrogens (primary N) is 3. The van der Waals surface area contributed by atoms with E-state index in [1.54, 1.807) is 36.4 Å². The van der Waals surface area contributed by atoms with Crippen LogP contribution in [-0.4, -0.2) is 41.6 Å². The molecule has 1 atom stereocenters. The highest BCUT2D eigenvalue weighted by Crippen LogP contribution is 2.31. The van der Waals surface area contributed by atoms with E-state index in [2.05, 4.69) is 9.98 Å². The van der Waals surface area contributed by atoms with Crippen LogP contribution in [0.15, 0.2) is 59.1 Å². The molecule has 1 unspecified atom stereocenters. The minimum absolute atomic E-state index is 0.0285. The summed E-state index contributed by atoms with van der Waals surface area (Å²) < 4.78 is 19.3. The highest BCUT2D eigenvalue weighted by atomic mass is 19.1. The predicted molar refractivity (Wildman–Crippen MR) is 131 cm³/mol. The van der Waals surface area contributed by atoms with Crippen LogP contribution < -0.4 is 21.9 Å². The van der Waals surface area contributed by atoms with E-state index in [9.17, 15) is 14.3 Å². The molecular formula is C25H28FN5O3. The van der Waals surface area contributed by atoms with E-state index >= 15 is 0 Å². The van der Waals surface area contributed by atoms with Crippen LogP contribution in [0, 0.1) is 5.82 Å². The summed E-state index contributed by atoms with van der Waals surface area (Å²) in [4.78, 5) is 21.1. The quantitative estimate of drug-likeness (QED) is 0.217. The van der Waals surface area contributed by atoms with Crippen LogP contribution in [0.5, 0.6) is 5.75 Å². The number of amidine groups is 1. The Hall–Kier alpha value is -3.98. The zero-order chi connectivity index (χ0) is 24.8. The smallest absolute Gasteiger partial charge is 0.254 e. The highest BCUT2D eigenvalue weighted by Gasteiger charge is 2.19. The molecule has 3 aromatic rings. The van der Waals surface area contributed by atoms with Gasteiger partial charge in [-0.3, -0.25) is 9.79 Å². The SMILES string of the molecule is CCCC(CO)N=C(N)/C(C(N)=O)=C(\N)c1ccc2c(OC)cc(-c3cccc(F)c3)nc2c1. The van der Waals surface area contributed by atoms with Crippen molar-refractivity contribution in [2.45, 2.75) is 25.8 Å². The van der Waals surface area contributed by atoms with Crippen LogP contribution in [-0.2, 0) is 4.79 Å². The molecule has 0 fully saturated rings. The van der Waals surface area contributed by atoms with E-state index in [0.29, 0.717) is 39.9 Å². The van der Waals surface area contributed by atoms with E-state index in [-0.39, 0.29) is 29.5 Å². The van der Waals surface area contributed by atoms with Crippen LogP contribution in [0.4, 0.5) is 4.39 Å². The molecule has 0 radical (unpaired) electrons. The van der Waals surface area contributed by atoms with Crippen molar-refractivity contribution in [2.24, 2.45) is 22.2 Å². The summed E-state index contributed by atoms with van der Waals surface area (Å²) >= 11 is 0. The number of ether oxygens (including phenoxy) is 1. The van der Waals surface area contributed by atoms with E-state index < -0.39 is 11.9 Å². The molecule has 0 aliphatic carbocycles. The Balaban J connectivity index is 2.16. The van der Waals surface area contributed by atoms with Gasteiger partial charge >= 0.3 is 0 Å². The van der Waals surface area contributed by atoms with E-state index in [0.717, 1.165) is 6.42 Å². The summed E-state index contributed by atoms with van der Waals surface area (Å²) in [6.45, 7) is 1.73. The average molecular weight is 466 g/mol. The molecule has 1 heterocycles. The number of aliphatic imine (C=N–C) groups is 1. The van der Waals surface area contributed by atoms with Gasteiger partial charge in [0.15, 0.2) is 0 Å². The van der Waals surface area contributed by atoms with Crippen LogP contribution in [0.25, 0.3) is 27.9 Å². The van der Waals surface area contributed by atoms with Crippen molar-refractivity contribution in [3.05, 3.63) is 65.5 Å². The van der Waals surface area contributed by atoms with Gasteiger partial charge in [0.25, 0.3) is 5.91 Å². The number of aromatic nitrogens is 1.